The molecule has 0 radical (unpaired) electrons. The first kappa shape index (κ1) is 16.1. The lowest BCUT2D eigenvalue weighted by atomic mass is 9.70. The first-order valence-electron chi connectivity index (χ1n) is 10.2. The van der Waals surface area contributed by atoms with Gasteiger partial charge < -0.3 is 10.2 Å². The van der Waals surface area contributed by atoms with E-state index < -0.39 is 4.87 Å². The molecule has 0 aromatic heterocycles. The van der Waals surface area contributed by atoms with E-state index in [1.807, 2.05) is 6.07 Å². The summed E-state index contributed by atoms with van der Waals surface area (Å²) in [6.07, 6.45) is 7.16. The summed E-state index contributed by atoms with van der Waals surface area (Å²) in [6, 6.07) is 14.9. The van der Waals surface area contributed by atoms with Crippen LogP contribution in [-0.4, -0.2) is 11.4 Å². The predicted molar refractivity (Wildman–Crippen MR) is 110 cm³/mol. The second kappa shape index (κ2) is 5.32. The highest BCUT2D eigenvalue weighted by Crippen LogP contribution is 2.63. The number of amides is 1. The third kappa shape index (κ3) is 1.92. The standard InChI is InChI=1S/C23H24N2OS/c1-15-14-22(12-5-2-6-13-22)25-20-16(15)8-7-9-17(20)23(21(25)26)24-18-10-3-4-11-19(18)27-23/h3-4,7-11,15,24H,2,5-6,12-14H2,1H3/t15-,23+/m1/s1. The number of thioether (sulfide) groups is 1. The Labute approximate surface area is 164 Å². The van der Waals surface area contributed by atoms with Crippen molar-refractivity contribution in [1.29, 1.82) is 0 Å². The Morgan fingerprint density at radius 1 is 1.07 bits per heavy atom. The van der Waals surface area contributed by atoms with Gasteiger partial charge in [-0.1, -0.05) is 68.3 Å². The van der Waals surface area contributed by atoms with Crippen molar-refractivity contribution in [3.63, 3.8) is 0 Å². The summed E-state index contributed by atoms with van der Waals surface area (Å²) in [6.45, 7) is 2.35. The molecule has 4 aliphatic rings. The number of nitrogens with zero attached hydrogens (tertiary/aromatic N) is 1. The van der Waals surface area contributed by atoms with Gasteiger partial charge >= 0.3 is 0 Å². The average Bonchev–Trinajstić information content (AvgIpc) is 3.19. The summed E-state index contributed by atoms with van der Waals surface area (Å²) in [5, 5.41) is 3.64. The summed E-state index contributed by atoms with van der Waals surface area (Å²) in [7, 11) is 0. The van der Waals surface area contributed by atoms with Gasteiger partial charge in [0.25, 0.3) is 5.91 Å². The molecule has 1 aliphatic carbocycles. The SMILES string of the molecule is C[C@@H]1CC2(CCCCC2)N2C(=O)[C@]3(Nc4ccccc4S3)c3cccc1c32. The van der Waals surface area contributed by atoms with E-state index in [1.165, 1.54) is 41.0 Å². The summed E-state index contributed by atoms with van der Waals surface area (Å²) in [5.41, 5.74) is 4.84. The number of carbonyl (C=O) groups is 1. The number of nitrogens with one attached hydrogen (secondary N) is 1. The van der Waals surface area contributed by atoms with Crippen LogP contribution in [0.3, 0.4) is 0 Å². The minimum Gasteiger partial charge on any atom is -0.358 e. The first-order chi connectivity index (χ1) is 13.1. The number of carbonyl (C=O) groups excluding carboxylic acids is 1. The molecule has 0 unspecified atom stereocenters. The van der Waals surface area contributed by atoms with Gasteiger partial charge in [-0.15, -0.1) is 0 Å². The van der Waals surface area contributed by atoms with Crippen LogP contribution >= 0.6 is 11.8 Å². The Kier molecular flexibility index (Phi) is 3.16. The molecule has 1 fully saturated rings. The van der Waals surface area contributed by atoms with Crippen molar-refractivity contribution >= 4 is 29.0 Å². The van der Waals surface area contributed by atoms with E-state index in [-0.39, 0.29) is 11.4 Å². The van der Waals surface area contributed by atoms with E-state index in [1.54, 1.807) is 11.8 Å². The van der Waals surface area contributed by atoms with Crippen LogP contribution in [0.1, 0.15) is 62.5 Å². The van der Waals surface area contributed by atoms with Gasteiger partial charge in [-0.2, -0.15) is 0 Å². The molecule has 3 nitrogen and oxygen atoms in total. The van der Waals surface area contributed by atoms with Crippen molar-refractivity contribution in [2.75, 3.05) is 10.2 Å². The predicted octanol–water partition coefficient (Wildman–Crippen LogP) is 5.61. The molecular weight excluding hydrogens is 352 g/mol. The minimum absolute atomic E-state index is 0.0123. The summed E-state index contributed by atoms with van der Waals surface area (Å²) in [5.74, 6) is 0.756. The van der Waals surface area contributed by atoms with Crippen LogP contribution in [0, 0.1) is 0 Å². The molecule has 3 heterocycles. The van der Waals surface area contributed by atoms with Gasteiger partial charge in [0.15, 0.2) is 4.87 Å². The first-order valence-corrected chi connectivity index (χ1v) is 11.0. The topological polar surface area (TPSA) is 32.3 Å². The highest BCUT2D eigenvalue weighted by atomic mass is 32.2. The second-order valence-electron chi connectivity index (χ2n) is 8.68. The number of benzene rings is 2. The number of fused-ring (bicyclic) bond motifs is 3. The molecule has 6 rings (SSSR count). The molecule has 3 aliphatic heterocycles. The molecule has 2 atom stereocenters. The fourth-order valence-electron chi connectivity index (χ4n) is 5.99. The number of hydrogen-bond acceptors (Lipinski definition) is 3. The Morgan fingerprint density at radius 2 is 1.89 bits per heavy atom. The summed E-state index contributed by atoms with van der Waals surface area (Å²) < 4.78 is 0. The van der Waals surface area contributed by atoms with E-state index in [4.69, 9.17) is 0 Å². The number of para-hydroxylation sites is 2. The number of hydrogen-bond donors (Lipinski definition) is 1. The van der Waals surface area contributed by atoms with Crippen molar-refractivity contribution in [2.24, 2.45) is 0 Å². The summed E-state index contributed by atoms with van der Waals surface area (Å²) >= 11 is 1.70. The fourth-order valence-corrected chi connectivity index (χ4v) is 7.31. The second-order valence-corrected chi connectivity index (χ2v) is 9.93. The van der Waals surface area contributed by atoms with Crippen LogP contribution in [0.2, 0.25) is 0 Å². The monoisotopic (exact) mass is 376 g/mol. The lowest BCUT2D eigenvalue weighted by Gasteiger charge is -2.50. The van der Waals surface area contributed by atoms with Crippen molar-refractivity contribution < 1.29 is 4.79 Å². The van der Waals surface area contributed by atoms with Crippen LogP contribution in [0.4, 0.5) is 11.4 Å². The smallest absolute Gasteiger partial charge is 0.268 e. The van der Waals surface area contributed by atoms with Crippen LogP contribution in [0.5, 0.6) is 0 Å². The molecule has 27 heavy (non-hydrogen) atoms. The van der Waals surface area contributed by atoms with Gasteiger partial charge in [-0.05, 0) is 42.9 Å². The van der Waals surface area contributed by atoms with Gasteiger partial charge in [0, 0.05) is 21.7 Å². The van der Waals surface area contributed by atoms with Gasteiger partial charge in [-0.3, -0.25) is 4.79 Å². The minimum atomic E-state index is -0.691. The Bertz CT molecular complexity index is 938. The molecule has 2 aromatic carbocycles. The van der Waals surface area contributed by atoms with Crippen molar-refractivity contribution in [2.45, 2.75) is 66.7 Å². The molecule has 0 saturated heterocycles. The van der Waals surface area contributed by atoms with Gasteiger partial charge in [0.1, 0.15) is 0 Å². The fraction of sp³-hybridized carbons (Fsp3) is 0.435. The van der Waals surface area contributed by atoms with Crippen LogP contribution < -0.4 is 10.2 Å². The molecule has 1 saturated carbocycles. The highest BCUT2D eigenvalue weighted by Gasteiger charge is 2.62. The maximum Gasteiger partial charge on any atom is 0.268 e. The number of rotatable bonds is 0. The van der Waals surface area contributed by atoms with Crippen molar-refractivity contribution in [1.82, 2.24) is 0 Å². The largest absolute Gasteiger partial charge is 0.358 e. The average molecular weight is 377 g/mol. The van der Waals surface area contributed by atoms with E-state index in [0.29, 0.717) is 5.92 Å². The molecular formula is C23H24N2OS. The third-order valence-corrected chi connectivity index (χ3v) is 8.49. The zero-order valence-electron chi connectivity index (χ0n) is 15.6. The maximum atomic E-state index is 14.1. The lowest BCUT2D eigenvalue weighted by Crippen LogP contribution is -2.57. The quantitative estimate of drug-likeness (QED) is 0.648. The third-order valence-electron chi connectivity index (χ3n) is 7.11. The highest BCUT2D eigenvalue weighted by molar-refractivity contribution is 8.01. The zero-order valence-corrected chi connectivity index (χ0v) is 16.4. The molecule has 1 amide bonds. The molecule has 138 valence electrons. The Morgan fingerprint density at radius 3 is 2.70 bits per heavy atom. The molecule has 2 spiro atoms. The van der Waals surface area contributed by atoms with Crippen LogP contribution in [0.25, 0.3) is 0 Å². The molecule has 0 bridgehead atoms. The molecule has 4 heteroatoms. The van der Waals surface area contributed by atoms with E-state index in [0.717, 1.165) is 24.9 Å². The van der Waals surface area contributed by atoms with Crippen molar-refractivity contribution in [3.05, 3.63) is 53.6 Å². The Hall–Kier alpha value is -1.94. The van der Waals surface area contributed by atoms with E-state index in [9.17, 15) is 4.79 Å². The Balaban J connectivity index is 1.58. The van der Waals surface area contributed by atoms with Crippen LogP contribution in [-0.2, 0) is 9.67 Å². The zero-order chi connectivity index (χ0) is 18.2. The van der Waals surface area contributed by atoms with Crippen LogP contribution in [0.15, 0.2) is 47.4 Å². The normalized spacial score (nSPS) is 29.7. The molecule has 1 N–H and O–H groups in total. The van der Waals surface area contributed by atoms with Gasteiger partial charge in [0.05, 0.1) is 5.69 Å². The number of anilines is 2. The molecule has 2 aromatic rings. The van der Waals surface area contributed by atoms with Gasteiger partial charge in [0.2, 0.25) is 0 Å². The maximum absolute atomic E-state index is 14.1. The lowest BCUT2D eigenvalue weighted by molar-refractivity contribution is -0.121. The van der Waals surface area contributed by atoms with Crippen molar-refractivity contribution in [3.8, 4) is 0 Å². The van der Waals surface area contributed by atoms with Gasteiger partial charge in [-0.25, -0.2) is 0 Å². The van der Waals surface area contributed by atoms with E-state index in [2.05, 4.69) is 53.5 Å². The summed E-state index contributed by atoms with van der Waals surface area (Å²) in [4.78, 5) is 16.8. The van der Waals surface area contributed by atoms with E-state index >= 15 is 0 Å².